The number of phenolic OH excluding ortho intramolecular Hbond substituents is 1. The van der Waals surface area contributed by atoms with Crippen molar-refractivity contribution in [1.82, 2.24) is 4.98 Å². The van der Waals surface area contributed by atoms with Gasteiger partial charge in [-0.3, -0.25) is 4.72 Å². The average molecular weight is 380 g/mol. The van der Waals surface area contributed by atoms with Crippen molar-refractivity contribution in [2.45, 2.75) is 0 Å². The minimum atomic E-state index is -3.44. The summed E-state index contributed by atoms with van der Waals surface area (Å²) in [7, 11) is -3.44. The van der Waals surface area contributed by atoms with Crippen molar-refractivity contribution < 1.29 is 13.5 Å². The summed E-state index contributed by atoms with van der Waals surface area (Å²) in [6, 6.07) is 16.9. The molecule has 7 nitrogen and oxygen atoms in total. The third-order valence-corrected chi connectivity index (χ3v) is 4.42. The molecule has 0 unspecified atom stereocenters. The number of para-hydroxylation sites is 1. The molecule has 4 N–H and O–H groups in total. The molecule has 0 aliphatic carbocycles. The molecule has 0 amide bonds. The van der Waals surface area contributed by atoms with Crippen molar-refractivity contribution in [2.24, 2.45) is 0 Å². The predicted octanol–water partition coefficient (Wildman–Crippen LogP) is 2.95. The molecule has 2 aromatic carbocycles. The molecule has 8 heteroatoms. The molecule has 0 radical (unpaired) electrons. The van der Waals surface area contributed by atoms with Gasteiger partial charge < -0.3 is 10.8 Å². The molecule has 0 saturated heterocycles. The lowest BCUT2D eigenvalue weighted by Crippen LogP contribution is -2.09. The molecule has 0 saturated carbocycles. The molecule has 0 spiro atoms. The highest BCUT2D eigenvalue weighted by Crippen LogP contribution is 2.35. The van der Waals surface area contributed by atoms with E-state index in [4.69, 9.17) is 5.73 Å². The first-order valence-electron chi connectivity index (χ1n) is 7.85. The topological polar surface area (TPSA) is 129 Å². The summed E-state index contributed by atoms with van der Waals surface area (Å²) < 4.78 is 25.4. The fraction of sp³-hybridized carbons (Fsp3) is 0.0526. The van der Waals surface area contributed by atoms with E-state index in [1.54, 1.807) is 48.5 Å². The normalized spacial score (nSPS) is 11.0. The van der Waals surface area contributed by atoms with Gasteiger partial charge in [0.15, 0.2) is 0 Å². The quantitative estimate of drug-likeness (QED) is 0.638. The lowest BCUT2D eigenvalue weighted by atomic mass is 9.98. The first-order chi connectivity index (χ1) is 12.8. The van der Waals surface area contributed by atoms with Gasteiger partial charge in [-0.1, -0.05) is 24.3 Å². The number of anilines is 2. The molecule has 1 heterocycles. The second-order valence-electron chi connectivity index (χ2n) is 5.90. The Labute approximate surface area is 156 Å². The third kappa shape index (κ3) is 3.99. The standard InChI is InChI=1S/C19H16N4O3S/c1-27(25,26)23-13-6-4-5-12(9-13)15-10-17(22-19(21)16(15)11-20)14-7-2-3-8-18(14)24/h2-10,23-24H,1H3,(H2,21,22). The van der Waals surface area contributed by atoms with E-state index < -0.39 is 10.0 Å². The van der Waals surface area contributed by atoms with Crippen LogP contribution in [-0.2, 0) is 10.0 Å². The lowest BCUT2D eigenvalue weighted by molar-refractivity contribution is 0.477. The Morgan fingerprint density at radius 3 is 2.52 bits per heavy atom. The zero-order valence-electron chi connectivity index (χ0n) is 14.3. The van der Waals surface area contributed by atoms with Crippen molar-refractivity contribution in [3.8, 4) is 34.2 Å². The maximum atomic E-state index is 11.5. The van der Waals surface area contributed by atoms with Gasteiger partial charge in [0.05, 0.1) is 11.9 Å². The molecule has 0 atom stereocenters. The molecular weight excluding hydrogens is 364 g/mol. The number of aromatic hydroxyl groups is 1. The summed E-state index contributed by atoms with van der Waals surface area (Å²) in [5.74, 6) is 0.0577. The van der Waals surface area contributed by atoms with Gasteiger partial charge in [-0.2, -0.15) is 5.26 Å². The number of nitrogens with zero attached hydrogens (tertiary/aromatic N) is 2. The molecule has 1 aromatic heterocycles. The van der Waals surface area contributed by atoms with Crippen molar-refractivity contribution in [3.05, 3.63) is 60.2 Å². The maximum Gasteiger partial charge on any atom is 0.229 e. The number of nitrogens with one attached hydrogen (secondary N) is 1. The minimum absolute atomic E-state index is 0.0229. The van der Waals surface area contributed by atoms with Crippen LogP contribution < -0.4 is 10.5 Å². The van der Waals surface area contributed by atoms with Crippen LogP contribution in [0.1, 0.15) is 5.56 Å². The Kier molecular flexibility index (Phi) is 4.71. The number of nitriles is 1. The van der Waals surface area contributed by atoms with Gasteiger partial charge in [0.25, 0.3) is 0 Å². The Balaban J connectivity index is 2.20. The van der Waals surface area contributed by atoms with Gasteiger partial charge in [-0.05, 0) is 35.9 Å². The number of hydrogen-bond acceptors (Lipinski definition) is 6. The summed E-state index contributed by atoms with van der Waals surface area (Å²) >= 11 is 0. The number of pyridine rings is 1. The van der Waals surface area contributed by atoms with Crippen LogP contribution in [0.4, 0.5) is 11.5 Å². The smallest absolute Gasteiger partial charge is 0.229 e. The highest BCUT2D eigenvalue weighted by Gasteiger charge is 2.15. The molecule has 0 aliphatic rings. The first kappa shape index (κ1) is 18.2. The number of benzene rings is 2. The molecule has 0 fully saturated rings. The SMILES string of the molecule is CS(=O)(=O)Nc1cccc(-c2cc(-c3ccccc3O)nc(N)c2C#N)c1. The van der Waals surface area contributed by atoms with Gasteiger partial charge in [0.2, 0.25) is 10.0 Å². The molecule has 3 aromatic rings. The zero-order valence-corrected chi connectivity index (χ0v) is 15.2. The Morgan fingerprint density at radius 1 is 1.11 bits per heavy atom. The van der Waals surface area contributed by atoms with E-state index in [9.17, 15) is 18.8 Å². The number of phenols is 1. The molecule has 0 aliphatic heterocycles. The highest BCUT2D eigenvalue weighted by molar-refractivity contribution is 7.92. The van der Waals surface area contributed by atoms with Crippen LogP contribution in [-0.4, -0.2) is 24.8 Å². The number of nitrogen functional groups attached to an aromatic ring is 1. The van der Waals surface area contributed by atoms with E-state index in [1.807, 2.05) is 6.07 Å². The summed E-state index contributed by atoms with van der Waals surface area (Å²) in [4.78, 5) is 4.23. The monoisotopic (exact) mass is 380 g/mol. The fourth-order valence-corrected chi connectivity index (χ4v) is 3.26. The Hall–Kier alpha value is -3.57. The predicted molar refractivity (Wildman–Crippen MR) is 104 cm³/mol. The lowest BCUT2D eigenvalue weighted by Gasteiger charge is -2.12. The van der Waals surface area contributed by atoms with Crippen LogP contribution in [0.25, 0.3) is 22.4 Å². The van der Waals surface area contributed by atoms with Crippen LogP contribution in [0.15, 0.2) is 54.6 Å². The molecule has 0 bridgehead atoms. The second-order valence-corrected chi connectivity index (χ2v) is 7.65. The van der Waals surface area contributed by atoms with Crippen molar-refractivity contribution in [2.75, 3.05) is 16.7 Å². The van der Waals surface area contributed by atoms with Gasteiger partial charge >= 0.3 is 0 Å². The zero-order chi connectivity index (χ0) is 19.6. The number of hydrogen-bond donors (Lipinski definition) is 3. The van der Waals surface area contributed by atoms with E-state index in [0.717, 1.165) is 6.26 Å². The van der Waals surface area contributed by atoms with Crippen LogP contribution >= 0.6 is 0 Å². The van der Waals surface area contributed by atoms with Gasteiger partial charge in [0, 0.05) is 16.8 Å². The summed E-state index contributed by atoms with van der Waals surface area (Å²) in [5, 5.41) is 19.6. The molecule has 27 heavy (non-hydrogen) atoms. The fourth-order valence-electron chi connectivity index (χ4n) is 2.70. The van der Waals surface area contributed by atoms with Crippen LogP contribution in [0, 0.1) is 11.3 Å². The van der Waals surface area contributed by atoms with Crippen LogP contribution in [0.5, 0.6) is 5.75 Å². The van der Waals surface area contributed by atoms with E-state index in [1.165, 1.54) is 6.07 Å². The molecule has 136 valence electrons. The first-order valence-corrected chi connectivity index (χ1v) is 9.75. The van der Waals surface area contributed by atoms with Crippen molar-refractivity contribution in [1.29, 1.82) is 5.26 Å². The van der Waals surface area contributed by atoms with Crippen molar-refractivity contribution >= 4 is 21.5 Å². The third-order valence-electron chi connectivity index (χ3n) is 3.82. The van der Waals surface area contributed by atoms with Gasteiger partial charge in [-0.25, -0.2) is 13.4 Å². The van der Waals surface area contributed by atoms with E-state index in [0.29, 0.717) is 28.1 Å². The van der Waals surface area contributed by atoms with Gasteiger partial charge in [0.1, 0.15) is 23.2 Å². The number of sulfonamides is 1. The maximum absolute atomic E-state index is 11.5. The summed E-state index contributed by atoms with van der Waals surface area (Å²) in [6.07, 6.45) is 1.06. The average Bonchev–Trinajstić information content (AvgIpc) is 2.60. The van der Waals surface area contributed by atoms with Crippen LogP contribution in [0.2, 0.25) is 0 Å². The van der Waals surface area contributed by atoms with Gasteiger partial charge in [-0.15, -0.1) is 0 Å². The summed E-state index contributed by atoms with van der Waals surface area (Å²) in [5.41, 5.74) is 8.45. The summed E-state index contributed by atoms with van der Waals surface area (Å²) in [6.45, 7) is 0. The Morgan fingerprint density at radius 2 is 1.85 bits per heavy atom. The largest absolute Gasteiger partial charge is 0.507 e. The van der Waals surface area contributed by atoms with E-state index >= 15 is 0 Å². The molecular formula is C19H16N4O3S. The minimum Gasteiger partial charge on any atom is -0.507 e. The van der Waals surface area contributed by atoms with Crippen molar-refractivity contribution in [3.63, 3.8) is 0 Å². The highest BCUT2D eigenvalue weighted by atomic mass is 32.2. The Bertz CT molecular complexity index is 1170. The number of nitrogens with two attached hydrogens (primary N) is 1. The molecule has 3 rings (SSSR count). The van der Waals surface area contributed by atoms with E-state index in [-0.39, 0.29) is 17.1 Å². The number of rotatable bonds is 4. The second kappa shape index (κ2) is 6.97. The van der Waals surface area contributed by atoms with E-state index in [2.05, 4.69) is 9.71 Å². The number of aromatic nitrogens is 1. The van der Waals surface area contributed by atoms with Crippen LogP contribution in [0.3, 0.4) is 0 Å².